The van der Waals surface area contributed by atoms with E-state index >= 15 is 0 Å². The van der Waals surface area contributed by atoms with E-state index in [1.54, 1.807) is 25.2 Å². The Morgan fingerprint density at radius 3 is 2.20 bits per heavy atom. The highest BCUT2D eigenvalue weighted by Gasteiger charge is 2.43. The standard InChI is InChI=1S/C21H26N2O6S/c1-23(14-15-8-4-2-5-9-15)19(24)12-17-20(25)21(26)18(29-17)13-22-30(27,28)16-10-6-3-7-11-16/h2-11,17-18,20-22,25-26H,12-14H2,1H3. The van der Waals surface area contributed by atoms with E-state index in [0.29, 0.717) is 6.54 Å². The van der Waals surface area contributed by atoms with Gasteiger partial charge >= 0.3 is 0 Å². The van der Waals surface area contributed by atoms with E-state index in [0.717, 1.165) is 5.56 Å². The van der Waals surface area contributed by atoms with Crippen molar-refractivity contribution in [2.75, 3.05) is 13.6 Å². The summed E-state index contributed by atoms with van der Waals surface area (Å²) in [6.45, 7) is 0.186. The molecule has 1 fully saturated rings. The van der Waals surface area contributed by atoms with Crippen LogP contribution < -0.4 is 4.72 Å². The summed E-state index contributed by atoms with van der Waals surface area (Å²) < 4.78 is 32.6. The molecule has 1 heterocycles. The maximum atomic E-state index is 12.5. The van der Waals surface area contributed by atoms with Gasteiger partial charge in [-0.1, -0.05) is 48.5 Å². The van der Waals surface area contributed by atoms with Crippen molar-refractivity contribution in [2.45, 2.75) is 42.3 Å². The number of aliphatic hydroxyl groups excluding tert-OH is 2. The van der Waals surface area contributed by atoms with Gasteiger partial charge in [-0.15, -0.1) is 0 Å². The molecule has 3 rings (SSSR count). The maximum Gasteiger partial charge on any atom is 0.240 e. The molecule has 4 unspecified atom stereocenters. The molecule has 0 aromatic heterocycles. The largest absolute Gasteiger partial charge is 0.388 e. The van der Waals surface area contributed by atoms with Gasteiger partial charge in [0.25, 0.3) is 0 Å². The number of carbonyl (C=O) groups excluding carboxylic acids is 1. The Labute approximate surface area is 176 Å². The molecule has 0 aliphatic carbocycles. The van der Waals surface area contributed by atoms with Gasteiger partial charge in [0.1, 0.15) is 18.3 Å². The second kappa shape index (κ2) is 9.67. The number of sulfonamides is 1. The van der Waals surface area contributed by atoms with E-state index in [1.807, 2.05) is 30.3 Å². The van der Waals surface area contributed by atoms with Gasteiger partial charge < -0.3 is 19.8 Å². The summed E-state index contributed by atoms with van der Waals surface area (Å²) in [5, 5.41) is 20.5. The number of rotatable bonds is 8. The zero-order valence-corrected chi connectivity index (χ0v) is 17.4. The molecule has 0 radical (unpaired) electrons. The maximum absolute atomic E-state index is 12.5. The fourth-order valence-electron chi connectivity index (χ4n) is 3.31. The minimum absolute atomic E-state index is 0.0901. The van der Waals surface area contributed by atoms with Gasteiger partial charge in [-0.05, 0) is 17.7 Å². The van der Waals surface area contributed by atoms with Gasteiger partial charge in [-0.2, -0.15) is 0 Å². The number of ether oxygens (including phenoxy) is 1. The number of hydrogen-bond acceptors (Lipinski definition) is 6. The number of amides is 1. The first-order valence-electron chi connectivity index (χ1n) is 9.62. The molecule has 2 aromatic rings. The Bertz CT molecular complexity index is 938. The van der Waals surface area contributed by atoms with Crippen molar-refractivity contribution >= 4 is 15.9 Å². The van der Waals surface area contributed by atoms with Crippen molar-refractivity contribution in [1.29, 1.82) is 0 Å². The first-order chi connectivity index (χ1) is 14.3. The molecule has 30 heavy (non-hydrogen) atoms. The summed E-state index contributed by atoms with van der Waals surface area (Å²) in [5.41, 5.74) is 0.967. The second-order valence-electron chi connectivity index (χ2n) is 7.30. The molecule has 1 amide bonds. The highest BCUT2D eigenvalue weighted by molar-refractivity contribution is 7.89. The van der Waals surface area contributed by atoms with Crippen molar-refractivity contribution < 1.29 is 28.2 Å². The summed E-state index contributed by atoms with van der Waals surface area (Å²) in [7, 11) is -2.12. The molecule has 1 aliphatic heterocycles. The lowest BCUT2D eigenvalue weighted by Gasteiger charge is -2.21. The molecular weight excluding hydrogens is 408 g/mol. The summed E-state index contributed by atoms with van der Waals surface area (Å²) in [4.78, 5) is 14.1. The van der Waals surface area contributed by atoms with Crippen LogP contribution in [0.5, 0.6) is 0 Å². The van der Waals surface area contributed by atoms with Crippen molar-refractivity contribution in [3.63, 3.8) is 0 Å². The predicted molar refractivity (Wildman–Crippen MR) is 110 cm³/mol. The highest BCUT2D eigenvalue weighted by atomic mass is 32.2. The summed E-state index contributed by atoms with van der Waals surface area (Å²) in [5.74, 6) is -0.249. The van der Waals surface area contributed by atoms with Crippen LogP contribution in [0.15, 0.2) is 65.6 Å². The molecule has 2 aromatic carbocycles. The van der Waals surface area contributed by atoms with E-state index in [4.69, 9.17) is 4.74 Å². The monoisotopic (exact) mass is 434 g/mol. The zero-order valence-electron chi connectivity index (χ0n) is 16.6. The van der Waals surface area contributed by atoms with Crippen molar-refractivity contribution in [3.8, 4) is 0 Å². The first-order valence-corrected chi connectivity index (χ1v) is 11.1. The quantitative estimate of drug-likeness (QED) is 0.557. The van der Waals surface area contributed by atoms with Crippen molar-refractivity contribution in [2.24, 2.45) is 0 Å². The van der Waals surface area contributed by atoms with Crippen LogP contribution in [0, 0.1) is 0 Å². The van der Waals surface area contributed by atoms with Crippen LogP contribution in [0.3, 0.4) is 0 Å². The predicted octanol–water partition coefficient (Wildman–Crippen LogP) is 0.503. The average molecular weight is 435 g/mol. The van der Waals surface area contributed by atoms with E-state index in [2.05, 4.69) is 4.72 Å². The third-order valence-corrected chi connectivity index (χ3v) is 6.49. The third kappa shape index (κ3) is 5.44. The van der Waals surface area contributed by atoms with Gasteiger partial charge in [-0.25, -0.2) is 13.1 Å². The number of nitrogens with zero attached hydrogens (tertiary/aromatic N) is 1. The lowest BCUT2D eigenvalue weighted by atomic mass is 10.1. The number of aliphatic hydroxyl groups is 2. The highest BCUT2D eigenvalue weighted by Crippen LogP contribution is 2.24. The molecule has 4 atom stereocenters. The smallest absolute Gasteiger partial charge is 0.240 e. The van der Waals surface area contributed by atoms with E-state index in [9.17, 15) is 23.4 Å². The molecule has 1 aliphatic rings. The van der Waals surface area contributed by atoms with Crippen LogP contribution in [0.1, 0.15) is 12.0 Å². The third-order valence-electron chi connectivity index (χ3n) is 5.05. The van der Waals surface area contributed by atoms with Crippen LogP contribution >= 0.6 is 0 Å². The van der Waals surface area contributed by atoms with E-state index in [-0.39, 0.29) is 23.8 Å². The topological polar surface area (TPSA) is 116 Å². The summed E-state index contributed by atoms with van der Waals surface area (Å²) >= 11 is 0. The number of hydrogen-bond donors (Lipinski definition) is 3. The molecular formula is C21H26N2O6S. The fraction of sp³-hybridized carbons (Fsp3) is 0.381. The Morgan fingerprint density at radius 1 is 1.00 bits per heavy atom. The second-order valence-corrected chi connectivity index (χ2v) is 9.07. The van der Waals surface area contributed by atoms with Gasteiger partial charge in [-0.3, -0.25) is 4.79 Å². The van der Waals surface area contributed by atoms with Crippen LogP contribution in [0.2, 0.25) is 0 Å². The molecule has 9 heteroatoms. The SMILES string of the molecule is CN(Cc1ccccc1)C(=O)CC1OC(CNS(=O)(=O)c2ccccc2)C(O)C1O. The van der Waals surface area contributed by atoms with E-state index < -0.39 is 34.4 Å². The molecule has 8 nitrogen and oxygen atoms in total. The molecule has 3 N–H and O–H groups in total. The molecule has 162 valence electrons. The average Bonchev–Trinajstić information content (AvgIpc) is 3.01. The normalized spacial score (nSPS) is 24.0. The Balaban J connectivity index is 1.55. The molecule has 0 bridgehead atoms. The minimum atomic E-state index is -3.78. The van der Waals surface area contributed by atoms with Crippen LogP contribution in [0.4, 0.5) is 0 Å². The Morgan fingerprint density at radius 2 is 1.57 bits per heavy atom. The Kier molecular flexibility index (Phi) is 7.22. The number of benzene rings is 2. The summed E-state index contributed by atoms with van der Waals surface area (Å²) in [6.07, 6.45) is -4.59. The van der Waals surface area contributed by atoms with E-state index in [1.165, 1.54) is 17.0 Å². The number of carbonyl (C=O) groups is 1. The summed E-state index contributed by atoms with van der Waals surface area (Å²) in [6, 6.07) is 17.3. The zero-order chi connectivity index (χ0) is 21.7. The molecule has 1 saturated heterocycles. The minimum Gasteiger partial charge on any atom is -0.388 e. The molecule has 0 spiro atoms. The van der Waals surface area contributed by atoms with Gasteiger partial charge in [0.15, 0.2) is 0 Å². The van der Waals surface area contributed by atoms with Gasteiger partial charge in [0.2, 0.25) is 15.9 Å². The van der Waals surface area contributed by atoms with Gasteiger partial charge in [0.05, 0.1) is 17.4 Å². The van der Waals surface area contributed by atoms with Crippen LogP contribution in [-0.4, -0.2) is 67.4 Å². The molecule has 0 saturated carbocycles. The Hall–Kier alpha value is -2.30. The van der Waals surface area contributed by atoms with Crippen LogP contribution in [-0.2, 0) is 26.1 Å². The number of nitrogens with one attached hydrogen (secondary N) is 1. The van der Waals surface area contributed by atoms with Gasteiger partial charge in [0, 0.05) is 20.1 Å². The van der Waals surface area contributed by atoms with Crippen molar-refractivity contribution in [1.82, 2.24) is 9.62 Å². The lowest BCUT2D eigenvalue weighted by molar-refractivity contribution is -0.134. The first kappa shape index (κ1) is 22.4. The lowest BCUT2D eigenvalue weighted by Crippen LogP contribution is -2.40. The fourth-order valence-corrected chi connectivity index (χ4v) is 4.38. The van der Waals surface area contributed by atoms with Crippen LogP contribution in [0.25, 0.3) is 0 Å². The van der Waals surface area contributed by atoms with Crippen molar-refractivity contribution in [3.05, 3.63) is 66.2 Å².